The highest BCUT2D eigenvalue weighted by molar-refractivity contribution is 7.18. The number of carbonyl (C=O) groups is 1. The van der Waals surface area contributed by atoms with Crippen molar-refractivity contribution in [2.75, 3.05) is 6.54 Å². The van der Waals surface area contributed by atoms with Crippen LogP contribution in [0.25, 0.3) is 15.9 Å². The lowest BCUT2D eigenvalue weighted by atomic mass is 10.2. The number of hydrogen-bond donors (Lipinski definition) is 0. The number of halogens is 1. The Bertz CT molecular complexity index is 1170. The number of amides is 1. The Hall–Kier alpha value is -2.77. The zero-order valence-electron chi connectivity index (χ0n) is 15.7. The number of benzene rings is 2. The van der Waals surface area contributed by atoms with Gasteiger partial charge in [0, 0.05) is 11.6 Å². The van der Waals surface area contributed by atoms with Gasteiger partial charge in [0.1, 0.15) is 10.8 Å². The number of aryl methyl sites for hydroxylation is 1. The highest BCUT2D eigenvalue weighted by atomic mass is 35.5. The molecule has 146 valence electrons. The second kappa shape index (κ2) is 7.24. The summed E-state index contributed by atoms with van der Waals surface area (Å²) in [6, 6.07) is 15.4. The smallest absolute Gasteiger partial charge is 0.294 e. The van der Waals surface area contributed by atoms with Gasteiger partial charge in [-0.25, -0.2) is 14.6 Å². The summed E-state index contributed by atoms with van der Waals surface area (Å²) in [6.07, 6.45) is 1.85. The van der Waals surface area contributed by atoms with Crippen LogP contribution in [0.1, 0.15) is 40.3 Å². The van der Waals surface area contributed by atoms with Crippen molar-refractivity contribution in [2.45, 2.75) is 25.8 Å². The number of nitrogens with zero attached hydrogens (tertiary/aromatic N) is 5. The van der Waals surface area contributed by atoms with Crippen molar-refractivity contribution in [1.82, 2.24) is 24.6 Å². The average molecular weight is 424 g/mol. The van der Waals surface area contributed by atoms with Crippen LogP contribution in [0.3, 0.4) is 0 Å². The third-order valence-corrected chi connectivity index (χ3v) is 6.53. The SMILES string of the molecule is Cc1nc(C(=O)N2CCCC2c2nc3ccccc3s2)nn1-c1ccc(Cl)cc1. The van der Waals surface area contributed by atoms with Crippen molar-refractivity contribution in [1.29, 1.82) is 0 Å². The lowest BCUT2D eigenvalue weighted by molar-refractivity contribution is 0.0723. The highest BCUT2D eigenvalue weighted by Crippen LogP contribution is 2.37. The first-order chi connectivity index (χ1) is 14.1. The number of carbonyl (C=O) groups excluding carboxylic acids is 1. The van der Waals surface area contributed by atoms with Gasteiger partial charge in [-0.15, -0.1) is 16.4 Å². The molecule has 0 spiro atoms. The summed E-state index contributed by atoms with van der Waals surface area (Å²) in [5.41, 5.74) is 1.80. The minimum Gasteiger partial charge on any atom is -0.326 e. The van der Waals surface area contributed by atoms with E-state index in [1.165, 1.54) is 0 Å². The number of rotatable bonds is 3. The number of thiazole rings is 1. The number of aromatic nitrogens is 4. The van der Waals surface area contributed by atoms with Gasteiger partial charge in [-0.2, -0.15) is 0 Å². The van der Waals surface area contributed by atoms with Crippen LogP contribution in [0.4, 0.5) is 0 Å². The second-order valence-electron chi connectivity index (χ2n) is 7.05. The molecule has 0 saturated carbocycles. The van der Waals surface area contributed by atoms with E-state index in [4.69, 9.17) is 16.6 Å². The molecule has 8 heteroatoms. The summed E-state index contributed by atoms with van der Waals surface area (Å²) >= 11 is 7.63. The summed E-state index contributed by atoms with van der Waals surface area (Å²) in [6.45, 7) is 2.53. The molecule has 2 aromatic carbocycles. The van der Waals surface area contributed by atoms with E-state index in [0.717, 1.165) is 33.8 Å². The summed E-state index contributed by atoms with van der Waals surface area (Å²) in [4.78, 5) is 24.3. The van der Waals surface area contributed by atoms with Crippen molar-refractivity contribution < 1.29 is 4.79 Å². The first-order valence-electron chi connectivity index (χ1n) is 9.46. The van der Waals surface area contributed by atoms with E-state index >= 15 is 0 Å². The molecule has 0 N–H and O–H groups in total. The largest absolute Gasteiger partial charge is 0.326 e. The molecular weight excluding hydrogens is 406 g/mol. The predicted molar refractivity (Wildman–Crippen MR) is 114 cm³/mol. The molecule has 4 aromatic rings. The average Bonchev–Trinajstić information content (AvgIpc) is 3.45. The van der Waals surface area contributed by atoms with Crippen molar-refractivity contribution in [3.05, 3.63) is 70.2 Å². The van der Waals surface area contributed by atoms with Crippen molar-refractivity contribution in [3.63, 3.8) is 0 Å². The van der Waals surface area contributed by atoms with Crippen LogP contribution in [0.5, 0.6) is 0 Å². The zero-order chi connectivity index (χ0) is 20.0. The van der Waals surface area contributed by atoms with Crippen molar-refractivity contribution in [2.24, 2.45) is 0 Å². The van der Waals surface area contributed by atoms with E-state index < -0.39 is 0 Å². The second-order valence-corrected chi connectivity index (χ2v) is 8.55. The molecule has 2 aromatic heterocycles. The fourth-order valence-corrected chi connectivity index (χ4v) is 4.98. The normalized spacial score (nSPS) is 16.6. The van der Waals surface area contributed by atoms with Crippen LogP contribution in [-0.2, 0) is 0 Å². The molecule has 3 heterocycles. The molecule has 0 bridgehead atoms. The Labute approximate surface area is 176 Å². The molecule has 6 nitrogen and oxygen atoms in total. The molecule has 0 radical (unpaired) electrons. The summed E-state index contributed by atoms with van der Waals surface area (Å²) in [7, 11) is 0. The molecule has 1 unspecified atom stereocenters. The summed E-state index contributed by atoms with van der Waals surface area (Å²) in [5, 5.41) is 6.11. The zero-order valence-corrected chi connectivity index (χ0v) is 17.3. The van der Waals surface area contributed by atoms with Crippen LogP contribution in [0.2, 0.25) is 5.02 Å². The lowest BCUT2D eigenvalue weighted by Crippen LogP contribution is -2.31. The number of para-hydroxylation sites is 1. The first-order valence-corrected chi connectivity index (χ1v) is 10.7. The molecule has 1 amide bonds. The standard InChI is InChI=1S/C21H18ClN5OS/c1-13-23-19(25-27(13)15-10-8-14(22)9-11-15)21(28)26-12-4-6-17(26)20-24-16-5-2-3-7-18(16)29-20/h2-3,5,7-11,17H,4,6,12H2,1H3. The summed E-state index contributed by atoms with van der Waals surface area (Å²) < 4.78 is 2.81. The van der Waals surface area contributed by atoms with Crippen LogP contribution in [0, 0.1) is 6.92 Å². The van der Waals surface area contributed by atoms with Gasteiger partial charge >= 0.3 is 0 Å². The van der Waals surface area contributed by atoms with Gasteiger partial charge in [-0.3, -0.25) is 4.79 Å². The molecule has 5 rings (SSSR count). The fraction of sp³-hybridized carbons (Fsp3) is 0.238. The predicted octanol–water partition coefficient (Wildman–Crippen LogP) is 4.82. The Kier molecular flexibility index (Phi) is 4.56. The van der Waals surface area contributed by atoms with Crippen LogP contribution >= 0.6 is 22.9 Å². The molecule has 1 atom stereocenters. The third kappa shape index (κ3) is 3.30. The molecule has 29 heavy (non-hydrogen) atoms. The molecule has 1 fully saturated rings. The first kappa shape index (κ1) is 18.3. The van der Waals surface area contributed by atoms with E-state index in [2.05, 4.69) is 16.1 Å². The van der Waals surface area contributed by atoms with Crippen molar-refractivity contribution >= 4 is 39.1 Å². The lowest BCUT2D eigenvalue weighted by Gasteiger charge is -2.21. The maximum absolute atomic E-state index is 13.2. The molecule has 1 aliphatic heterocycles. The minimum atomic E-state index is -0.150. The van der Waals surface area contributed by atoms with Gasteiger partial charge in [0.2, 0.25) is 5.82 Å². The number of likely N-dealkylation sites (tertiary alicyclic amines) is 1. The molecule has 1 saturated heterocycles. The Morgan fingerprint density at radius 2 is 1.93 bits per heavy atom. The minimum absolute atomic E-state index is 0.0253. The van der Waals surface area contributed by atoms with Gasteiger partial charge in [0.05, 0.1) is 21.9 Å². The van der Waals surface area contributed by atoms with Gasteiger partial charge in [0.15, 0.2) is 0 Å². The van der Waals surface area contributed by atoms with E-state index in [1.807, 2.05) is 42.2 Å². The van der Waals surface area contributed by atoms with Gasteiger partial charge in [0.25, 0.3) is 5.91 Å². The van der Waals surface area contributed by atoms with Gasteiger partial charge in [-0.05, 0) is 56.2 Å². The molecule has 1 aliphatic rings. The quantitative estimate of drug-likeness (QED) is 0.474. The topological polar surface area (TPSA) is 63.9 Å². The monoisotopic (exact) mass is 423 g/mol. The van der Waals surface area contributed by atoms with E-state index in [-0.39, 0.29) is 17.8 Å². The van der Waals surface area contributed by atoms with Gasteiger partial charge in [-0.1, -0.05) is 23.7 Å². The van der Waals surface area contributed by atoms with Crippen LogP contribution in [0.15, 0.2) is 48.5 Å². The van der Waals surface area contributed by atoms with E-state index in [1.54, 1.807) is 28.2 Å². The molecule has 0 aliphatic carbocycles. The van der Waals surface area contributed by atoms with E-state index in [9.17, 15) is 4.79 Å². The Morgan fingerprint density at radius 1 is 1.14 bits per heavy atom. The molecular formula is C21H18ClN5OS. The van der Waals surface area contributed by atoms with Gasteiger partial charge < -0.3 is 4.90 Å². The third-order valence-electron chi connectivity index (χ3n) is 5.14. The highest BCUT2D eigenvalue weighted by Gasteiger charge is 2.34. The summed E-state index contributed by atoms with van der Waals surface area (Å²) in [5.74, 6) is 0.722. The number of hydrogen-bond acceptors (Lipinski definition) is 5. The van der Waals surface area contributed by atoms with Crippen LogP contribution in [-0.4, -0.2) is 37.1 Å². The Balaban J connectivity index is 1.45. The Morgan fingerprint density at radius 3 is 2.72 bits per heavy atom. The van der Waals surface area contributed by atoms with E-state index in [0.29, 0.717) is 17.4 Å². The van der Waals surface area contributed by atoms with Crippen LogP contribution < -0.4 is 0 Å². The maximum atomic E-state index is 13.2. The fourth-order valence-electron chi connectivity index (χ4n) is 3.74. The maximum Gasteiger partial charge on any atom is 0.294 e. The number of fused-ring (bicyclic) bond motifs is 1. The van der Waals surface area contributed by atoms with Crippen molar-refractivity contribution in [3.8, 4) is 5.69 Å².